The molecule has 2 rings (SSSR count). The van der Waals surface area contributed by atoms with Crippen LogP contribution in [-0.2, 0) is 20.7 Å². The van der Waals surface area contributed by atoms with Gasteiger partial charge in [-0.25, -0.2) is 9.59 Å². The summed E-state index contributed by atoms with van der Waals surface area (Å²) in [7, 11) is 1.33. The van der Waals surface area contributed by atoms with Gasteiger partial charge in [0.1, 0.15) is 11.6 Å². The van der Waals surface area contributed by atoms with Crippen molar-refractivity contribution in [1.82, 2.24) is 0 Å². The van der Waals surface area contributed by atoms with E-state index in [9.17, 15) is 9.59 Å². The predicted octanol–water partition coefficient (Wildman–Crippen LogP) is 2.92. The van der Waals surface area contributed by atoms with Crippen molar-refractivity contribution >= 4 is 17.7 Å². The van der Waals surface area contributed by atoms with Gasteiger partial charge in [0.05, 0.1) is 12.8 Å². The molecular formula is C16H21NO4. The molecule has 1 aliphatic rings. The summed E-state index contributed by atoms with van der Waals surface area (Å²) < 4.78 is 10.3. The molecule has 5 heteroatoms. The van der Waals surface area contributed by atoms with Crippen LogP contribution in [0, 0.1) is 0 Å². The van der Waals surface area contributed by atoms with Crippen molar-refractivity contribution in [3.8, 4) is 0 Å². The van der Waals surface area contributed by atoms with Crippen molar-refractivity contribution in [2.75, 3.05) is 12.0 Å². The SMILES string of the molecule is COC(=O)[C@@H]1CCc2ccccc2N1C(=O)OC(C)(C)C. The minimum absolute atomic E-state index is 0.421. The van der Waals surface area contributed by atoms with Crippen LogP contribution in [0.5, 0.6) is 0 Å². The molecule has 1 heterocycles. The Morgan fingerprint density at radius 3 is 2.52 bits per heavy atom. The summed E-state index contributed by atoms with van der Waals surface area (Å²) in [6.07, 6.45) is 0.739. The molecule has 0 aliphatic carbocycles. The molecule has 5 nitrogen and oxygen atoms in total. The third kappa shape index (κ3) is 3.35. The number of aryl methyl sites for hydroxylation is 1. The smallest absolute Gasteiger partial charge is 0.415 e. The molecule has 0 unspecified atom stereocenters. The Morgan fingerprint density at radius 2 is 1.90 bits per heavy atom. The number of para-hydroxylation sites is 1. The molecule has 0 radical (unpaired) electrons. The van der Waals surface area contributed by atoms with Gasteiger partial charge in [0.25, 0.3) is 0 Å². The zero-order valence-corrected chi connectivity index (χ0v) is 12.9. The minimum atomic E-state index is -0.639. The number of nitrogens with zero attached hydrogens (tertiary/aromatic N) is 1. The lowest BCUT2D eigenvalue weighted by atomic mass is 9.96. The highest BCUT2D eigenvalue weighted by molar-refractivity contribution is 5.97. The van der Waals surface area contributed by atoms with Gasteiger partial charge in [0, 0.05) is 0 Å². The first-order chi connectivity index (χ1) is 9.83. The Labute approximate surface area is 124 Å². The fourth-order valence-corrected chi connectivity index (χ4v) is 2.44. The van der Waals surface area contributed by atoms with E-state index in [0.717, 1.165) is 12.0 Å². The van der Waals surface area contributed by atoms with Crippen molar-refractivity contribution < 1.29 is 19.1 Å². The second-order valence-electron chi connectivity index (χ2n) is 6.06. The first-order valence-electron chi connectivity index (χ1n) is 7.01. The molecular weight excluding hydrogens is 270 g/mol. The Bertz CT molecular complexity index is 547. The number of hydrogen-bond acceptors (Lipinski definition) is 4. The second-order valence-corrected chi connectivity index (χ2v) is 6.06. The largest absolute Gasteiger partial charge is 0.467 e. The van der Waals surface area contributed by atoms with Gasteiger partial charge in [0.2, 0.25) is 0 Å². The quantitative estimate of drug-likeness (QED) is 0.747. The van der Waals surface area contributed by atoms with E-state index in [1.807, 2.05) is 24.3 Å². The van der Waals surface area contributed by atoms with E-state index >= 15 is 0 Å². The van der Waals surface area contributed by atoms with E-state index in [1.54, 1.807) is 20.8 Å². The van der Waals surface area contributed by atoms with E-state index in [0.29, 0.717) is 12.1 Å². The molecule has 1 aliphatic heterocycles. The highest BCUT2D eigenvalue weighted by Crippen LogP contribution is 2.32. The number of amides is 1. The molecule has 1 aromatic carbocycles. The fraction of sp³-hybridized carbons (Fsp3) is 0.500. The van der Waals surface area contributed by atoms with E-state index in [1.165, 1.54) is 12.0 Å². The minimum Gasteiger partial charge on any atom is -0.467 e. The number of carbonyl (C=O) groups excluding carboxylic acids is 2. The monoisotopic (exact) mass is 291 g/mol. The van der Waals surface area contributed by atoms with Gasteiger partial charge in [-0.2, -0.15) is 0 Å². The van der Waals surface area contributed by atoms with Crippen LogP contribution in [0.25, 0.3) is 0 Å². The number of methoxy groups -OCH3 is 1. The molecule has 0 spiro atoms. The Balaban J connectivity index is 2.39. The van der Waals surface area contributed by atoms with E-state index < -0.39 is 23.7 Å². The lowest BCUT2D eigenvalue weighted by molar-refractivity contribution is -0.142. The highest BCUT2D eigenvalue weighted by atomic mass is 16.6. The molecule has 0 aromatic heterocycles. The first-order valence-corrected chi connectivity index (χ1v) is 7.01. The van der Waals surface area contributed by atoms with E-state index in [-0.39, 0.29) is 0 Å². The first kappa shape index (κ1) is 15.4. The Hall–Kier alpha value is -2.04. The average molecular weight is 291 g/mol. The molecule has 1 amide bonds. The van der Waals surface area contributed by atoms with Gasteiger partial charge in [0.15, 0.2) is 0 Å². The molecule has 1 atom stereocenters. The summed E-state index contributed by atoms with van der Waals surface area (Å²) in [6, 6.07) is 6.91. The van der Waals surface area contributed by atoms with Crippen LogP contribution in [-0.4, -0.2) is 30.8 Å². The Morgan fingerprint density at radius 1 is 1.24 bits per heavy atom. The van der Waals surface area contributed by atoms with E-state index in [2.05, 4.69) is 0 Å². The van der Waals surface area contributed by atoms with Crippen LogP contribution in [0.1, 0.15) is 32.8 Å². The number of fused-ring (bicyclic) bond motifs is 1. The summed E-state index contributed by atoms with van der Waals surface area (Å²) >= 11 is 0. The van der Waals surface area contributed by atoms with Crippen LogP contribution >= 0.6 is 0 Å². The van der Waals surface area contributed by atoms with Gasteiger partial charge in [-0.15, -0.1) is 0 Å². The topological polar surface area (TPSA) is 55.8 Å². The summed E-state index contributed by atoms with van der Waals surface area (Å²) in [5, 5.41) is 0. The molecule has 0 saturated heterocycles. The van der Waals surface area contributed by atoms with Crippen molar-refractivity contribution in [3.63, 3.8) is 0 Å². The van der Waals surface area contributed by atoms with Crippen LogP contribution in [0.3, 0.4) is 0 Å². The fourth-order valence-electron chi connectivity index (χ4n) is 2.44. The lowest BCUT2D eigenvalue weighted by Gasteiger charge is -2.36. The third-order valence-corrected chi connectivity index (χ3v) is 3.31. The number of rotatable bonds is 1. The summed E-state index contributed by atoms with van der Waals surface area (Å²) in [6.45, 7) is 5.40. The number of ether oxygens (including phenoxy) is 2. The van der Waals surface area contributed by atoms with Crippen molar-refractivity contribution in [3.05, 3.63) is 29.8 Å². The number of esters is 1. The molecule has 21 heavy (non-hydrogen) atoms. The lowest BCUT2D eigenvalue weighted by Crippen LogP contribution is -2.50. The number of carbonyl (C=O) groups is 2. The van der Waals surface area contributed by atoms with Gasteiger partial charge >= 0.3 is 12.1 Å². The normalized spacial score (nSPS) is 17.9. The summed E-state index contributed by atoms with van der Waals surface area (Å²) in [4.78, 5) is 25.9. The van der Waals surface area contributed by atoms with Crippen molar-refractivity contribution in [1.29, 1.82) is 0 Å². The molecule has 0 N–H and O–H groups in total. The molecule has 114 valence electrons. The maximum atomic E-state index is 12.5. The predicted molar refractivity (Wildman–Crippen MR) is 79.3 cm³/mol. The van der Waals surface area contributed by atoms with Gasteiger partial charge in [-0.1, -0.05) is 18.2 Å². The van der Waals surface area contributed by atoms with Crippen LogP contribution in [0.2, 0.25) is 0 Å². The van der Waals surface area contributed by atoms with Crippen molar-refractivity contribution in [2.24, 2.45) is 0 Å². The van der Waals surface area contributed by atoms with Crippen LogP contribution in [0.4, 0.5) is 10.5 Å². The molecule has 0 fully saturated rings. The van der Waals surface area contributed by atoms with Crippen LogP contribution < -0.4 is 4.90 Å². The maximum Gasteiger partial charge on any atom is 0.415 e. The molecule has 1 aromatic rings. The van der Waals surface area contributed by atoms with Gasteiger partial charge in [-0.3, -0.25) is 4.90 Å². The van der Waals surface area contributed by atoms with E-state index in [4.69, 9.17) is 9.47 Å². The highest BCUT2D eigenvalue weighted by Gasteiger charge is 2.38. The number of anilines is 1. The molecule has 0 saturated carbocycles. The van der Waals surface area contributed by atoms with Gasteiger partial charge in [-0.05, 0) is 45.2 Å². The molecule has 0 bridgehead atoms. The van der Waals surface area contributed by atoms with Gasteiger partial charge < -0.3 is 9.47 Å². The zero-order valence-electron chi connectivity index (χ0n) is 12.9. The second kappa shape index (κ2) is 5.76. The summed E-state index contributed by atoms with van der Waals surface area (Å²) in [5.41, 5.74) is 1.13. The zero-order chi connectivity index (χ0) is 15.6. The number of benzene rings is 1. The van der Waals surface area contributed by atoms with Crippen LogP contribution in [0.15, 0.2) is 24.3 Å². The maximum absolute atomic E-state index is 12.5. The standard InChI is InChI=1S/C16H21NO4/c1-16(2,3)21-15(19)17-12-8-6-5-7-11(12)9-10-13(17)14(18)20-4/h5-8,13H,9-10H2,1-4H3/t13-/m0/s1. The summed E-state index contributed by atoms with van der Waals surface area (Å²) in [5.74, 6) is -0.421. The van der Waals surface area contributed by atoms with Crippen molar-refractivity contribution in [2.45, 2.75) is 45.3 Å². The third-order valence-electron chi connectivity index (χ3n) is 3.31. The average Bonchev–Trinajstić information content (AvgIpc) is 2.43. The number of hydrogen-bond donors (Lipinski definition) is 0. The Kier molecular flexibility index (Phi) is 4.21.